The Balaban J connectivity index is 3.87. The number of thiol groups is 1. The van der Waals surface area contributed by atoms with Crippen molar-refractivity contribution in [2.24, 2.45) is 5.92 Å². The maximum atomic E-state index is 11.6. The van der Waals surface area contributed by atoms with Crippen molar-refractivity contribution in [3.63, 3.8) is 0 Å². The lowest BCUT2D eigenvalue weighted by Crippen LogP contribution is -2.42. The molecule has 0 aromatic carbocycles. The smallest absolute Gasteiger partial charge is 0.326 e. The summed E-state index contributed by atoms with van der Waals surface area (Å²) < 4.78 is 0. The van der Waals surface area contributed by atoms with Gasteiger partial charge in [-0.25, -0.2) is 4.79 Å². The fourth-order valence-electron chi connectivity index (χ4n) is 1.82. The van der Waals surface area contributed by atoms with E-state index in [0.717, 1.165) is 25.0 Å². The molecule has 0 saturated carbocycles. The van der Waals surface area contributed by atoms with Gasteiger partial charge in [0.05, 0.1) is 6.42 Å². The van der Waals surface area contributed by atoms with Crippen LogP contribution in [0.1, 0.15) is 45.4 Å². The molecule has 0 aliphatic carbocycles. The third-order valence-corrected chi connectivity index (χ3v) is 4.03. The van der Waals surface area contributed by atoms with Crippen LogP contribution in [0, 0.1) is 5.92 Å². The molecule has 0 rings (SSSR count). The molecule has 122 valence electrons. The van der Waals surface area contributed by atoms with Gasteiger partial charge in [-0.1, -0.05) is 30.6 Å². The number of rotatable bonds is 12. The summed E-state index contributed by atoms with van der Waals surface area (Å²) >= 11 is 4.08. The molecule has 0 unspecified atom stereocenters. The number of carboxylic acids is 2. The zero-order valence-electron chi connectivity index (χ0n) is 12.1. The minimum Gasteiger partial charge on any atom is -0.481 e. The summed E-state index contributed by atoms with van der Waals surface area (Å²) in [6, 6.07) is -1.36. The van der Waals surface area contributed by atoms with E-state index < -0.39 is 30.3 Å². The van der Waals surface area contributed by atoms with Gasteiger partial charge >= 0.3 is 11.9 Å². The van der Waals surface area contributed by atoms with Crippen LogP contribution in [0.4, 0.5) is 0 Å². The number of carbonyl (C=O) groups is 3. The second-order valence-corrected chi connectivity index (χ2v) is 6.47. The largest absolute Gasteiger partial charge is 0.481 e. The highest BCUT2D eigenvalue weighted by Gasteiger charge is 2.22. The predicted molar refractivity (Wildman–Crippen MR) is 85.5 cm³/mol. The van der Waals surface area contributed by atoms with E-state index in [-0.39, 0.29) is 6.42 Å². The lowest BCUT2D eigenvalue weighted by Gasteiger charge is -2.13. The summed E-state index contributed by atoms with van der Waals surface area (Å²) in [6.45, 7) is 2.15. The molecule has 0 aliphatic heterocycles. The number of amides is 1. The van der Waals surface area contributed by atoms with Gasteiger partial charge in [-0.15, -0.1) is 11.7 Å². The van der Waals surface area contributed by atoms with E-state index in [9.17, 15) is 14.4 Å². The van der Waals surface area contributed by atoms with E-state index in [2.05, 4.69) is 23.9 Å². The molecule has 0 aliphatic rings. The summed E-state index contributed by atoms with van der Waals surface area (Å²) in [7, 11) is 1.52. The van der Waals surface area contributed by atoms with Crippen LogP contribution in [0.3, 0.4) is 0 Å². The van der Waals surface area contributed by atoms with Crippen molar-refractivity contribution in [3.05, 3.63) is 0 Å². The lowest BCUT2D eigenvalue weighted by atomic mass is 10.0. The molecule has 0 fully saturated rings. The second kappa shape index (κ2) is 11.7. The van der Waals surface area contributed by atoms with Gasteiger partial charge in [-0.3, -0.25) is 9.59 Å². The molecule has 0 aromatic heterocycles. The number of hydrogen-bond acceptors (Lipinski definition) is 5. The minimum atomic E-state index is -1.36. The zero-order chi connectivity index (χ0) is 16.3. The van der Waals surface area contributed by atoms with Gasteiger partial charge in [-0.05, 0) is 18.8 Å². The van der Waals surface area contributed by atoms with E-state index in [1.54, 1.807) is 0 Å². The molecule has 2 atom stereocenters. The SMILES string of the molecule is C[C@H](CCCCC(=O)N[C@@H](CC(=O)O)C(=O)O)CCSS. The van der Waals surface area contributed by atoms with E-state index >= 15 is 0 Å². The minimum absolute atomic E-state index is 0.220. The summed E-state index contributed by atoms with van der Waals surface area (Å²) in [5.41, 5.74) is 0. The molecule has 0 aromatic rings. The average molecular weight is 337 g/mol. The van der Waals surface area contributed by atoms with Crippen molar-refractivity contribution in [1.82, 2.24) is 5.32 Å². The van der Waals surface area contributed by atoms with Crippen LogP contribution < -0.4 is 5.32 Å². The molecule has 8 heteroatoms. The first-order chi connectivity index (χ1) is 9.86. The zero-order valence-corrected chi connectivity index (χ0v) is 13.8. The fraction of sp³-hybridized carbons (Fsp3) is 0.769. The highest BCUT2D eigenvalue weighted by atomic mass is 33.1. The van der Waals surface area contributed by atoms with Crippen LogP contribution in [0.2, 0.25) is 0 Å². The molecule has 0 spiro atoms. The Morgan fingerprint density at radius 3 is 2.38 bits per heavy atom. The predicted octanol–water partition coefficient (Wildman–Crippen LogP) is 2.20. The molecule has 0 bridgehead atoms. The third kappa shape index (κ3) is 11.4. The van der Waals surface area contributed by atoms with Gasteiger partial charge < -0.3 is 15.5 Å². The van der Waals surface area contributed by atoms with Crippen molar-refractivity contribution >= 4 is 40.3 Å². The summed E-state index contributed by atoms with van der Waals surface area (Å²) in [6.07, 6.45) is 3.27. The summed E-state index contributed by atoms with van der Waals surface area (Å²) in [5, 5.41) is 19.6. The number of unbranched alkanes of at least 4 members (excludes halogenated alkanes) is 1. The first-order valence-electron chi connectivity index (χ1n) is 6.87. The van der Waals surface area contributed by atoms with E-state index in [1.165, 1.54) is 10.8 Å². The molecule has 3 N–H and O–H groups in total. The second-order valence-electron chi connectivity index (χ2n) is 5.03. The van der Waals surface area contributed by atoms with Crippen LogP contribution in [0.5, 0.6) is 0 Å². The van der Waals surface area contributed by atoms with Gasteiger partial charge in [0.1, 0.15) is 6.04 Å². The van der Waals surface area contributed by atoms with Crippen molar-refractivity contribution in [1.29, 1.82) is 0 Å². The molecule has 1 amide bonds. The molecule has 21 heavy (non-hydrogen) atoms. The van der Waals surface area contributed by atoms with Gasteiger partial charge in [0.2, 0.25) is 5.91 Å². The monoisotopic (exact) mass is 337 g/mol. The molecule has 0 saturated heterocycles. The lowest BCUT2D eigenvalue weighted by molar-refractivity contribution is -0.147. The Morgan fingerprint density at radius 1 is 1.19 bits per heavy atom. The van der Waals surface area contributed by atoms with Crippen molar-refractivity contribution < 1.29 is 24.6 Å². The highest BCUT2D eigenvalue weighted by Crippen LogP contribution is 2.17. The Morgan fingerprint density at radius 2 is 1.86 bits per heavy atom. The van der Waals surface area contributed by atoms with Crippen LogP contribution in [0.15, 0.2) is 0 Å². The van der Waals surface area contributed by atoms with Crippen molar-refractivity contribution in [2.45, 2.75) is 51.5 Å². The van der Waals surface area contributed by atoms with Crippen molar-refractivity contribution in [2.75, 3.05) is 5.75 Å². The summed E-state index contributed by atoms with van der Waals surface area (Å²) in [5.74, 6) is -1.42. The molecule has 6 nitrogen and oxygen atoms in total. The van der Waals surface area contributed by atoms with Crippen molar-refractivity contribution in [3.8, 4) is 0 Å². The maximum Gasteiger partial charge on any atom is 0.326 e. The fourth-order valence-corrected chi connectivity index (χ4v) is 2.64. The highest BCUT2D eigenvalue weighted by molar-refractivity contribution is 8.68. The number of carboxylic acid groups (broad SMARTS) is 2. The molecule has 0 radical (unpaired) electrons. The number of nitrogens with one attached hydrogen (secondary N) is 1. The number of carbonyl (C=O) groups excluding carboxylic acids is 1. The van der Waals surface area contributed by atoms with Crippen LogP contribution in [0.25, 0.3) is 0 Å². The van der Waals surface area contributed by atoms with Crippen LogP contribution in [-0.2, 0) is 14.4 Å². The van der Waals surface area contributed by atoms with Gasteiger partial charge in [0.25, 0.3) is 0 Å². The molecular weight excluding hydrogens is 314 g/mol. The van der Waals surface area contributed by atoms with Crippen LogP contribution in [-0.4, -0.2) is 39.9 Å². The van der Waals surface area contributed by atoms with Gasteiger partial charge in [-0.2, -0.15) is 0 Å². The van der Waals surface area contributed by atoms with E-state index in [0.29, 0.717) is 12.3 Å². The summed E-state index contributed by atoms with van der Waals surface area (Å²) in [4.78, 5) is 32.9. The quantitative estimate of drug-likeness (QED) is 0.247. The normalized spacial score (nSPS) is 13.4. The van der Waals surface area contributed by atoms with Crippen LogP contribution >= 0.6 is 22.5 Å². The Bertz CT molecular complexity index is 351. The number of aliphatic carboxylic acids is 2. The Labute approximate surface area is 133 Å². The van der Waals surface area contributed by atoms with Gasteiger partial charge in [0.15, 0.2) is 0 Å². The van der Waals surface area contributed by atoms with E-state index in [4.69, 9.17) is 10.2 Å². The number of hydrogen-bond donors (Lipinski definition) is 4. The topological polar surface area (TPSA) is 104 Å². The first kappa shape index (κ1) is 20.1. The Kier molecular flexibility index (Phi) is 11.2. The first-order valence-corrected chi connectivity index (χ1v) is 8.91. The standard InChI is InChI=1S/C13H23NO5S2/c1-9(6-7-21-20)4-2-3-5-11(15)14-10(13(18)19)8-12(16)17/h9-10,20H,2-8H2,1H3,(H,14,15)(H,16,17)(H,18,19)/t9-,10+/m1/s1. The average Bonchev–Trinajstić information content (AvgIpc) is 2.40. The molecule has 0 heterocycles. The van der Waals surface area contributed by atoms with Gasteiger partial charge in [0, 0.05) is 12.2 Å². The van der Waals surface area contributed by atoms with E-state index in [1.807, 2.05) is 0 Å². The Hall–Kier alpha value is -0.890. The maximum absolute atomic E-state index is 11.6. The molecular formula is C13H23NO5S2. The third-order valence-electron chi connectivity index (χ3n) is 3.06.